The Hall–Kier alpha value is -2.14. The van der Waals surface area contributed by atoms with E-state index in [2.05, 4.69) is 10.5 Å². The molecule has 0 aliphatic carbocycles. The minimum absolute atomic E-state index is 0.0545. The van der Waals surface area contributed by atoms with Crippen molar-refractivity contribution >= 4 is 5.91 Å². The summed E-state index contributed by atoms with van der Waals surface area (Å²) in [5.74, 6) is -0.00206. The first-order valence-electron chi connectivity index (χ1n) is 7.05. The Labute approximate surface area is 124 Å². The summed E-state index contributed by atoms with van der Waals surface area (Å²) in [5, 5.41) is 6.45. The molecule has 0 bridgehead atoms. The van der Waals surface area contributed by atoms with Crippen LogP contribution >= 0.6 is 0 Å². The largest absolute Gasteiger partial charge is 0.374 e. The minimum atomic E-state index is -0.244. The number of carbonyl (C=O) groups excluding carboxylic acids is 1. The second-order valence-electron chi connectivity index (χ2n) is 4.87. The maximum Gasteiger partial charge on any atom is 0.289 e. The molecule has 112 valence electrons. The fourth-order valence-electron chi connectivity index (χ4n) is 1.91. The number of benzene rings is 1. The summed E-state index contributed by atoms with van der Waals surface area (Å²) in [5.41, 5.74) is 1.85. The smallest absolute Gasteiger partial charge is 0.289 e. The van der Waals surface area contributed by atoms with E-state index >= 15 is 0 Å². The van der Waals surface area contributed by atoms with Gasteiger partial charge < -0.3 is 14.6 Å². The van der Waals surface area contributed by atoms with Crippen molar-refractivity contribution in [2.24, 2.45) is 0 Å². The first-order valence-corrected chi connectivity index (χ1v) is 7.05. The average molecular weight is 288 g/mol. The molecule has 0 saturated carbocycles. The molecule has 0 aliphatic heterocycles. The summed E-state index contributed by atoms with van der Waals surface area (Å²) in [6.07, 6.45) is 0.801. The van der Waals surface area contributed by atoms with Gasteiger partial charge in [-0.05, 0) is 25.8 Å². The van der Waals surface area contributed by atoms with E-state index in [1.165, 1.54) is 0 Å². The number of nitrogens with one attached hydrogen (secondary N) is 1. The van der Waals surface area contributed by atoms with Gasteiger partial charge in [0.25, 0.3) is 5.91 Å². The number of hydrogen-bond acceptors (Lipinski definition) is 4. The lowest BCUT2D eigenvalue weighted by atomic mass is 10.1. The zero-order chi connectivity index (χ0) is 15.1. The first kappa shape index (κ1) is 15.3. The number of carbonyl (C=O) groups is 1. The van der Waals surface area contributed by atoms with Crippen molar-refractivity contribution in [1.29, 1.82) is 0 Å². The van der Waals surface area contributed by atoms with Crippen LogP contribution in [0, 0.1) is 6.92 Å². The second-order valence-corrected chi connectivity index (χ2v) is 4.87. The normalized spacial score (nSPS) is 12.1. The topological polar surface area (TPSA) is 64.4 Å². The summed E-state index contributed by atoms with van der Waals surface area (Å²) in [4.78, 5) is 11.7. The Morgan fingerprint density at radius 3 is 2.81 bits per heavy atom. The van der Waals surface area contributed by atoms with Gasteiger partial charge in [0.15, 0.2) is 0 Å². The zero-order valence-corrected chi connectivity index (χ0v) is 12.3. The average Bonchev–Trinajstić information content (AvgIpc) is 2.94. The fourth-order valence-corrected chi connectivity index (χ4v) is 1.91. The van der Waals surface area contributed by atoms with Gasteiger partial charge in [-0.1, -0.05) is 35.5 Å². The summed E-state index contributed by atoms with van der Waals surface area (Å²) in [7, 11) is 0. The summed E-state index contributed by atoms with van der Waals surface area (Å²) in [6.45, 7) is 4.93. The zero-order valence-electron chi connectivity index (χ0n) is 12.3. The van der Waals surface area contributed by atoms with E-state index in [0.717, 1.165) is 12.0 Å². The third-order valence-corrected chi connectivity index (χ3v) is 3.10. The number of nitrogens with zero attached hydrogens (tertiary/aromatic N) is 1. The van der Waals surface area contributed by atoms with Crippen LogP contribution in [0.5, 0.6) is 0 Å². The third-order valence-electron chi connectivity index (χ3n) is 3.10. The standard InChI is InChI=1S/C16H20N2O3/c1-12-11-15(21-18-12)16(19)17-9-6-10-20-13(2)14-7-4-3-5-8-14/h3-5,7-8,11,13H,6,9-10H2,1-2H3,(H,17,19). The van der Waals surface area contributed by atoms with Crippen LogP contribution in [0.25, 0.3) is 0 Å². The molecule has 5 heteroatoms. The van der Waals surface area contributed by atoms with Gasteiger partial charge in [0.1, 0.15) is 0 Å². The molecular weight excluding hydrogens is 268 g/mol. The molecule has 1 aromatic heterocycles. The molecule has 1 unspecified atom stereocenters. The predicted octanol–water partition coefficient (Wildman–Crippen LogP) is 2.88. The summed E-state index contributed by atoms with van der Waals surface area (Å²) in [6, 6.07) is 11.7. The lowest BCUT2D eigenvalue weighted by molar-refractivity contribution is 0.0633. The van der Waals surface area contributed by atoms with Gasteiger partial charge in [-0.15, -0.1) is 0 Å². The lowest BCUT2D eigenvalue weighted by Crippen LogP contribution is -2.25. The monoisotopic (exact) mass is 288 g/mol. The Balaban J connectivity index is 1.63. The van der Waals surface area contributed by atoms with Crippen LogP contribution in [0.15, 0.2) is 40.9 Å². The van der Waals surface area contributed by atoms with E-state index in [1.807, 2.05) is 37.3 Å². The predicted molar refractivity (Wildman–Crippen MR) is 79.0 cm³/mol. The van der Waals surface area contributed by atoms with E-state index in [-0.39, 0.29) is 17.8 Å². The highest BCUT2D eigenvalue weighted by molar-refractivity contribution is 5.91. The van der Waals surface area contributed by atoms with Gasteiger partial charge >= 0.3 is 0 Å². The van der Waals surface area contributed by atoms with Gasteiger partial charge in [-0.3, -0.25) is 4.79 Å². The molecule has 1 heterocycles. The summed E-state index contributed by atoms with van der Waals surface area (Å²) >= 11 is 0. The highest BCUT2D eigenvalue weighted by Gasteiger charge is 2.10. The number of ether oxygens (including phenoxy) is 1. The van der Waals surface area contributed by atoms with Gasteiger partial charge in [-0.25, -0.2) is 0 Å². The maximum atomic E-state index is 11.7. The molecule has 0 spiro atoms. The first-order chi connectivity index (χ1) is 10.2. The van der Waals surface area contributed by atoms with Crippen LogP contribution in [0.4, 0.5) is 0 Å². The molecular formula is C16H20N2O3. The molecule has 1 atom stereocenters. The van der Waals surface area contributed by atoms with Crippen molar-refractivity contribution in [1.82, 2.24) is 10.5 Å². The van der Waals surface area contributed by atoms with Gasteiger partial charge in [0, 0.05) is 19.2 Å². The van der Waals surface area contributed by atoms with E-state index in [4.69, 9.17) is 9.26 Å². The Bertz CT molecular complexity index is 566. The maximum absolute atomic E-state index is 11.7. The van der Waals surface area contributed by atoms with E-state index in [9.17, 15) is 4.79 Å². The van der Waals surface area contributed by atoms with Crippen LogP contribution in [-0.4, -0.2) is 24.2 Å². The Morgan fingerprint density at radius 1 is 1.38 bits per heavy atom. The van der Waals surface area contributed by atoms with Crippen molar-refractivity contribution in [3.05, 3.63) is 53.4 Å². The summed E-state index contributed by atoms with van der Waals surface area (Å²) < 4.78 is 10.6. The quantitative estimate of drug-likeness (QED) is 0.796. The van der Waals surface area contributed by atoms with Crippen LogP contribution in [0.3, 0.4) is 0 Å². The van der Waals surface area contributed by atoms with Crippen LogP contribution in [0.2, 0.25) is 0 Å². The molecule has 2 rings (SSSR count). The van der Waals surface area contributed by atoms with E-state index < -0.39 is 0 Å². The van der Waals surface area contributed by atoms with Crippen LogP contribution in [-0.2, 0) is 4.74 Å². The highest BCUT2D eigenvalue weighted by Crippen LogP contribution is 2.15. The molecule has 5 nitrogen and oxygen atoms in total. The Morgan fingerprint density at radius 2 is 2.14 bits per heavy atom. The molecule has 0 radical (unpaired) electrons. The van der Waals surface area contributed by atoms with Crippen molar-refractivity contribution in [2.45, 2.75) is 26.4 Å². The van der Waals surface area contributed by atoms with Crippen LogP contribution in [0.1, 0.15) is 41.3 Å². The number of amides is 1. The molecule has 0 fully saturated rings. The number of rotatable bonds is 7. The second kappa shape index (κ2) is 7.59. The highest BCUT2D eigenvalue weighted by atomic mass is 16.5. The number of aryl methyl sites for hydroxylation is 1. The molecule has 2 aromatic rings. The van der Waals surface area contributed by atoms with Crippen molar-refractivity contribution < 1.29 is 14.1 Å². The van der Waals surface area contributed by atoms with Gasteiger partial charge in [0.05, 0.1) is 11.8 Å². The third kappa shape index (κ3) is 4.72. The Kier molecular flexibility index (Phi) is 5.51. The molecule has 1 N–H and O–H groups in total. The van der Waals surface area contributed by atoms with Crippen LogP contribution < -0.4 is 5.32 Å². The molecule has 0 aliphatic rings. The minimum Gasteiger partial charge on any atom is -0.374 e. The van der Waals surface area contributed by atoms with Crippen molar-refractivity contribution in [3.8, 4) is 0 Å². The van der Waals surface area contributed by atoms with Gasteiger partial charge in [0.2, 0.25) is 5.76 Å². The van der Waals surface area contributed by atoms with Crippen molar-refractivity contribution in [2.75, 3.05) is 13.2 Å². The molecule has 1 amide bonds. The fraction of sp³-hybridized carbons (Fsp3) is 0.375. The van der Waals surface area contributed by atoms with Gasteiger partial charge in [-0.2, -0.15) is 0 Å². The number of hydrogen-bond donors (Lipinski definition) is 1. The SMILES string of the molecule is Cc1cc(C(=O)NCCCOC(C)c2ccccc2)on1. The van der Waals surface area contributed by atoms with E-state index in [1.54, 1.807) is 13.0 Å². The molecule has 1 aromatic carbocycles. The number of aromatic nitrogens is 1. The van der Waals surface area contributed by atoms with Crippen molar-refractivity contribution in [3.63, 3.8) is 0 Å². The lowest BCUT2D eigenvalue weighted by Gasteiger charge is -2.13. The van der Waals surface area contributed by atoms with E-state index in [0.29, 0.717) is 18.8 Å². The molecule has 0 saturated heterocycles. The molecule has 21 heavy (non-hydrogen) atoms.